The van der Waals surface area contributed by atoms with Crippen molar-refractivity contribution in [2.24, 2.45) is 0 Å². The van der Waals surface area contributed by atoms with E-state index in [9.17, 15) is 0 Å². The van der Waals surface area contributed by atoms with Crippen LogP contribution in [0.15, 0.2) is 40.4 Å². The number of nitrogens with zero attached hydrogens (tertiary/aromatic N) is 2. The minimum absolute atomic E-state index is 0.971. The van der Waals surface area contributed by atoms with Crippen molar-refractivity contribution in [3.05, 3.63) is 36.3 Å². The molecule has 3 rings (SSSR count). The van der Waals surface area contributed by atoms with Gasteiger partial charge in [0.05, 0.1) is 17.6 Å². The molecule has 1 aromatic carbocycles. The standard InChI is InChI=1S/C17H21N3S/c1-2-3-4-5-6-11-16-18-12-14-17(20-16)21-15-10-8-7-9-13(15)19-14/h7-10,12,19H,2-6,11H2,1H3. The van der Waals surface area contributed by atoms with E-state index in [1.165, 1.54) is 37.0 Å². The normalized spacial score (nSPS) is 12.4. The highest BCUT2D eigenvalue weighted by Gasteiger charge is 2.17. The van der Waals surface area contributed by atoms with Gasteiger partial charge in [-0.05, 0) is 18.6 Å². The van der Waals surface area contributed by atoms with E-state index in [2.05, 4.69) is 35.4 Å². The third-order valence-electron chi connectivity index (χ3n) is 3.67. The van der Waals surface area contributed by atoms with E-state index in [1.54, 1.807) is 11.8 Å². The molecule has 0 bridgehead atoms. The van der Waals surface area contributed by atoms with Gasteiger partial charge in [0.15, 0.2) is 0 Å². The molecule has 0 aliphatic carbocycles. The van der Waals surface area contributed by atoms with Gasteiger partial charge in [-0.15, -0.1) is 0 Å². The second kappa shape index (κ2) is 6.94. The number of aromatic nitrogens is 2. The summed E-state index contributed by atoms with van der Waals surface area (Å²) in [6.07, 6.45) is 9.33. The van der Waals surface area contributed by atoms with Crippen LogP contribution < -0.4 is 5.32 Å². The molecule has 0 unspecified atom stereocenters. The molecule has 2 aromatic rings. The van der Waals surface area contributed by atoms with E-state index in [4.69, 9.17) is 4.98 Å². The van der Waals surface area contributed by atoms with Crippen molar-refractivity contribution >= 4 is 23.1 Å². The van der Waals surface area contributed by atoms with Crippen molar-refractivity contribution in [2.75, 3.05) is 5.32 Å². The van der Waals surface area contributed by atoms with Crippen molar-refractivity contribution in [1.29, 1.82) is 0 Å². The summed E-state index contributed by atoms with van der Waals surface area (Å²) in [6.45, 7) is 2.24. The van der Waals surface area contributed by atoms with Crippen molar-refractivity contribution in [1.82, 2.24) is 9.97 Å². The molecule has 2 heterocycles. The average Bonchev–Trinajstić information content (AvgIpc) is 2.52. The zero-order chi connectivity index (χ0) is 14.5. The number of rotatable bonds is 6. The third-order valence-corrected chi connectivity index (χ3v) is 4.75. The van der Waals surface area contributed by atoms with Gasteiger partial charge in [-0.25, -0.2) is 9.97 Å². The highest BCUT2D eigenvalue weighted by Crippen LogP contribution is 2.42. The Bertz CT molecular complexity index is 613. The highest BCUT2D eigenvalue weighted by atomic mass is 32.2. The molecule has 3 nitrogen and oxygen atoms in total. The molecule has 0 fully saturated rings. The second-order valence-corrected chi connectivity index (χ2v) is 6.42. The maximum Gasteiger partial charge on any atom is 0.129 e. The Labute approximate surface area is 130 Å². The van der Waals surface area contributed by atoms with Crippen LogP contribution in [-0.2, 0) is 6.42 Å². The van der Waals surface area contributed by atoms with Crippen molar-refractivity contribution in [3.63, 3.8) is 0 Å². The first-order chi connectivity index (χ1) is 10.4. The van der Waals surface area contributed by atoms with Crippen LogP contribution in [0.4, 0.5) is 11.4 Å². The smallest absolute Gasteiger partial charge is 0.129 e. The molecule has 1 aliphatic rings. The number of hydrogen-bond donors (Lipinski definition) is 1. The molecule has 4 heteroatoms. The molecule has 0 saturated heterocycles. The fourth-order valence-electron chi connectivity index (χ4n) is 2.48. The van der Waals surface area contributed by atoms with Crippen molar-refractivity contribution in [3.8, 4) is 0 Å². The van der Waals surface area contributed by atoms with Crippen LogP contribution in [0, 0.1) is 0 Å². The Balaban J connectivity index is 1.63. The van der Waals surface area contributed by atoms with Gasteiger partial charge in [0, 0.05) is 11.3 Å². The first kappa shape index (κ1) is 14.4. The molecule has 110 valence electrons. The Morgan fingerprint density at radius 1 is 1.05 bits per heavy atom. The van der Waals surface area contributed by atoms with Crippen LogP contribution in [0.2, 0.25) is 0 Å². The van der Waals surface area contributed by atoms with E-state index in [0.29, 0.717) is 0 Å². The number of fused-ring (bicyclic) bond motifs is 2. The summed E-state index contributed by atoms with van der Waals surface area (Å²) in [5, 5.41) is 4.45. The van der Waals surface area contributed by atoms with Gasteiger partial charge >= 0.3 is 0 Å². The van der Waals surface area contributed by atoms with Crippen molar-refractivity contribution in [2.45, 2.75) is 55.4 Å². The predicted molar refractivity (Wildman–Crippen MR) is 88.3 cm³/mol. The van der Waals surface area contributed by atoms with Crippen LogP contribution in [0.3, 0.4) is 0 Å². The molecule has 0 atom stereocenters. The molecule has 1 aliphatic heterocycles. The van der Waals surface area contributed by atoms with Crippen molar-refractivity contribution < 1.29 is 0 Å². The molecular formula is C17H21N3S. The quantitative estimate of drug-likeness (QED) is 0.501. The zero-order valence-electron chi connectivity index (χ0n) is 12.4. The maximum absolute atomic E-state index is 4.72. The fraction of sp³-hybridized carbons (Fsp3) is 0.412. The first-order valence-electron chi connectivity index (χ1n) is 7.76. The maximum atomic E-state index is 4.72. The topological polar surface area (TPSA) is 37.8 Å². The summed E-state index contributed by atoms with van der Waals surface area (Å²) < 4.78 is 0. The monoisotopic (exact) mass is 299 g/mol. The summed E-state index contributed by atoms with van der Waals surface area (Å²) in [5.74, 6) is 0.971. The summed E-state index contributed by atoms with van der Waals surface area (Å²) in [4.78, 5) is 10.4. The lowest BCUT2D eigenvalue weighted by molar-refractivity contribution is 0.620. The summed E-state index contributed by atoms with van der Waals surface area (Å²) in [7, 11) is 0. The number of unbranched alkanes of at least 4 members (excludes halogenated alkanes) is 4. The second-order valence-electron chi connectivity index (χ2n) is 5.39. The first-order valence-corrected chi connectivity index (χ1v) is 8.58. The van der Waals surface area contributed by atoms with E-state index >= 15 is 0 Å². The minimum atomic E-state index is 0.971. The van der Waals surface area contributed by atoms with Gasteiger partial charge in [0.1, 0.15) is 10.9 Å². The lowest BCUT2D eigenvalue weighted by Crippen LogP contribution is -2.05. The number of nitrogens with one attached hydrogen (secondary N) is 1. The summed E-state index contributed by atoms with van der Waals surface area (Å²) >= 11 is 1.73. The van der Waals surface area contributed by atoms with E-state index in [0.717, 1.165) is 28.6 Å². The molecule has 21 heavy (non-hydrogen) atoms. The number of para-hydroxylation sites is 1. The fourth-order valence-corrected chi connectivity index (χ4v) is 3.43. The van der Waals surface area contributed by atoms with Gasteiger partial charge in [0.2, 0.25) is 0 Å². The number of benzene rings is 1. The molecule has 1 N–H and O–H groups in total. The summed E-state index contributed by atoms with van der Waals surface area (Å²) in [6, 6.07) is 8.33. The van der Waals surface area contributed by atoms with Gasteiger partial charge in [0.25, 0.3) is 0 Å². The molecule has 0 amide bonds. The molecule has 0 saturated carbocycles. The van der Waals surface area contributed by atoms with Gasteiger partial charge in [-0.2, -0.15) is 0 Å². The lowest BCUT2D eigenvalue weighted by Gasteiger charge is -2.19. The SMILES string of the molecule is CCCCCCCc1ncc2c(n1)Sc1ccccc1N2. The Kier molecular flexibility index (Phi) is 4.76. The molecule has 0 spiro atoms. The largest absolute Gasteiger partial charge is 0.351 e. The van der Waals surface area contributed by atoms with E-state index in [1.807, 2.05) is 12.3 Å². The van der Waals surface area contributed by atoms with E-state index < -0.39 is 0 Å². The van der Waals surface area contributed by atoms with Crippen LogP contribution in [0.1, 0.15) is 44.9 Å². The predicted octanol–water partition coefficient (Wildman–Crippen LogP) is 5.20. The Morgan fingerprint density at radius 2 is 1.90 bits per heavy atom. The molecule has 0 radical (unpaired) electrons. The highest BCUT2D eigenvalue weighted by molar-refractivity contribution is 7.99. The van der Waals surface area contributed by atoms with Crippen LogP contribution in [0.25, 0.3) is 0 Å². The van der Waals surface area contributed by atoms with Crippen LogP contribution >= 0.6 is 11.8 Å². The number of anilines is 2. The average molecular weight is 299 g/mol. The van der Waals surface area contributed by atoms with E-state index in [-0.39, 0.29) is 0 Å². The Morgan fingerprint density at radius 3 is 2.81 bits per heavy atom. The van der Waals surface area contributed by atoms with Gasteiger partial charge in [-0.3, -0.25) is 0 Å². The van der Waals surface area contributed by atoms with Gasteiger partial charge in [-0.1, -0.05) is 56.5 Å². The molecular weight excluding hydrogens is 278 g/mol. The minimum Gasteiger partial charge on any atom is -0.351 e. The lowest BCUT2D eigenvalue weighted by atomic mass is 10.1. The van der Waals surface area contributed by atoms with Crippen LogP contribution in [0.5, 0.6) is 0 Å². The Hall–Kier alpha value is -1.55. The number of aryl methyl sites for hydroxylation is 1. The third kappa shape index (κ3) is 3.56. The van der Waals surface area contributed by atoms with Crippen LogP contribution in [-0.4, -0.2) is 9.97 Å². The summed E-state index contributed by atoms with van der Waals surface area (Å²) in [5.41, 5.74) is 2.17. The molecule has 1 aromatic heterocycles. The zero-order valence-corrected chi connectivity index (χ0v) is 13.2. The van der Waals surface area contributed by atoms with Gasteiger partial charge < -0.3 is 5.32 Å². The number of hydrogen-bond acceptors (Lipinski definition) is 4.